The van der Waals surface area contributed by atoms with Crippen molar-refractivity contribution >= 4 is 16.9 Å². The molecule has 1 fully saturated rings. The number of hydrogen-bond donors (Lipinski definition) is 1. The topological polar surface area (TPSA) is 45.5 Å². The highest BCUT2D eigenvalue weighted by Crippen LogP contribution is 2.56. The Morgan fingerprint density at radius 1 is 1.29 bits per heavy atom. The van der Waals surface area contributed by atoms with E-state index < -0.39 is 16.9 Å². The summed E-state index contributed by atoms with van der Waals surface area (Å²) in [6, 6.07) is 8.49. The van der Waals surface area contributed by atoms with Crippen molar-refractivity contribution in [3.05, 3.63) is 35.5 Å². The summed E-state index contributed by atoms with van der Waals surface area (Å²) in [6.07, 6.45) is 3.39. The number of benzene rings is 1. The van der Waals surface area contributed by atoms with E-state index in [1.165, 1.54) is 22.2 Å². The van der Waals surface area contributed by atoms with Crippen LogP contribution in [0.4, 0.5) is 0 Å². The van der Waals surface area contributed by atoms with E-state index in [0.29, 0.717) is 6.42 Å². The first kappa shape index (κ1) is 15.7. The number of aryl methyl sites for hydroxylation is 1. The molecule has 0 unspecified atom stereocenters. The van der Waals surface area contributed by atoms with Crippen LogP contribution in [0.3, 0.4) is 0 Å². The lowest BCUT2D eigenvalue weighted by atomic mass is 9.59. The molecule has 0 spiro atoms. The van der Waals surface area contributed by atoms with Gasteiger partial charge in [-0.25, -0.2) is 0 Å². The first-order valence-corrected chi connectivity index (χ1v) is 9.02. The maximum absolute atomic E-state index is 12.5. The predicted octanol–water partition coefficient (Wildman–Crippen LogP) is 3.53. The number of aliphatic carboxylic acids is 1. The molecule has 2 aromatic rings. The van der Waals surface area contributed by atoms with E-state index in [1.807, 2.05) is 6.92 Å². The first-order valence-electron chi connectivity index (χ1n) is 9.02. The van der Waals surface area contributed by atoms with Crippen molar-refractivity contribution in [1.29, 1.82) is 0 Å². The quantitative estimate of drug-likeness (QED) is 0.918. The number of carboxylic acid groups (broad SMARTS) is 1. The molecule has 0 aliphatic carbocycles. The number of piperidine rings is 1. The van der Waals surface area contributed by atoms with Gasteiger partial charge in [0, 0.05) is 30.2 Å². The Labute approximate surface area is 143 Å². The molecule has 0 radical (unpaired) electrons. The van der Waals surface area contributed by atoms with E-state index in [9.17, 15) is 9.90 Å². The minimum absolute atomic E-state index is 0.451. The fourth-order valence-electron chi connectivity index (χ4n) is 5.63. The van der Waals surface area contributed by atoms with E-state index in [1.54, 1.807) is 0 Å². The Morgan fingerprint density at radius 3 is 2.75 bits per heavy atom. The fourth-order valence-corrected chi connectivity index (χ4v) is 5.63. The normalized spacial score (nSPS) is 30.1. The monoisotopic (exact) mass is 326 g/mol. The predicted molar refractivity (Wildman–Crippen MR) is 95.1 cm³/mol. The molecule has 4 heteroatoms. The molecule has 4 rings (SSSR count). The molecule has 24 heavy (non-hydrogen) atoms. The number of para-hydroxylation sites is 1. The van der Waals surface area contributed by atoms with Crippen molar-refractivity contribution in [2.45, 2.75) is 45.1 Å². The van der Waals surface area contributed by atoms with Crippen LogP contribution in [-0.4, -0.2) is 33.6 Å². The molecule has 2 atom stereocenters. The standard InChI is InChI=1S/C20H26N2O2/c1-4-20(18(23)24)11-7-12-22-13-10-15-14-8-5-6-9-16(14)21(3)17(15)19(20,22)2/h5-6,8-9H,4,7,10-13H2,1-3H3,(H,23,24)/t19-,20+/m0/s1. The van der Waals surface area contributed by atoms with Crippen molar-refractivity contribution in [3.63, 3.8) is 0 Å². The van der Waals surface area contributed by atoms with Gasteiger partial charge in [-0.05, 0) is 50.8 Å². The van der Waals surface area contributed by atoms with Crippen LogP contribution >= 0.6 is 0 Å². The Bertz CT molecular complexity index is 824. The Morgan fingerprint density at radius 2 is 2.04 bits per heavy atom. The first-order chi connectivity index (χ1) is 11.5. The van der Waals surface area contributed by atoms with E-state index in [0.717, 1.165) is 32.4 Å². The van der Waals surface area contributed by atoms with Gasteiger partial charge in [0.1, 0.15) is 0 Å². The van der Waals surface area contributed by atoms with Crippen molar-refractivity contribution in [3.8, 4) is 0 Å². The number of carboxylic acids is 1. The van der Waals surface area contributed by atoms with E-state index >= 15 is 0 Å². The lowest BCUT2D eigenvalue weighted by molar-refractivity contribution is -0.170. The summed E-state index contributed by atoms with van der Waals surface area (Å²) in [5.41, 5.74) is 2.62. The number of aromatic nitrogens is 1. The van der Waals surface area contributed by atoms with Crippen LogP contribution in [-0.2, 0) is 23.8 Å². The molecule has 0 amide bonds. The number of rotatable bonds is 2. The summed E-state index contributed by atoms with van der Waals surface area (Å²) in [6.45, 7) is 6.17. The maximum Gasteiger partial charge on any atom is 0.311 e. The van der Waals surface area contributed by atoms with Gasteiger partial charge >= 0.3 is 5.97 Å². The zero-order valence-electron chi connectivity index (χ0n) is 14.8. The van der Waals surface area contributed by atoms with Gasteiger partial charge in [-0.2, -0.15) is 0 Å². The SMILES string of the molecule is CC[C@]1(C(=O)O)CCCN2CCc3c(n(C)c4ccccc34)[C@]21C. The highest BCUT2D eigenvalue weighted by Gasteiger charge is 2.61. The smallest absolute Gasteiger partial charge is 0.311 e. The van der Waals surface area contributed by atoms with Gasteiger partial charge in [-0.1, -0.05) is 25.1 Å². The summed E-state index contributed by atoms with van der Waals surface area (Å²) in [5, 5.41) is 11.5. The Balaban J connectivity index is 2.07. The molecule has 1 N–H and O–H groups in total. The van der Waals surface area contributed by atoms with E-state index in [2.05, 4.69) is 47.7 Å². The van der Waals surface area contributed by atoms with Crippen LogP contribution in [0.15, 0.2) is 24.3 Å². The lowest BCUT2D eigenvalue weighted by Crippen LogP contribution is -2.64. The highest BCUT2D eigenvalue weighted by atomic mass is 16.4. The largest absolute Gasteiger partial charge is 0.481 e. The molecule has 2 aliphatic rings. The molecule has 0 bridgehead atoms. The van der Waals surface area contributed by atoms with Gasteiger partial charge in [-0.3, -0.25) is 9.69 Å². The average Bonchev–Trinajstić information content (AvgIpc) is 2.88. The number of hydrogen-bond acceptors (Lipinski definition) is 2. The van der Waals surface area contributed by atoms with Crippen molar-refractivity contribution in [1.82, 2.24) is 9.47 Å². The molecule has 1 saturated heterocycles. The molecule has 2 aliphatic heterocycles. The third kappa shape index (κ3) is 1.65. The van der Waals surface area contributed by atoms with E-state index in [4.69, 9.17) is 0 Å². The second-order valence-corrected chi connectivity index (χ2v) is 7.56. The minimum Gasteiger partial charge on any atom is -0.481 e. The van der Waals surface area contributed by atoms with Crippen LogP contribution in [0, 0.1) is 5.41 Å². The van der Waals surface area contributed by atoms with Crippen LogP contribution in [0.5, 0.6) is 0 Å². The molecule has 4 nitrogen and oxygen atoms in total. The van der Waals surface area contributed by atoms with Crippen LogP contribution in [0.1, 0.15) is 44.4 Å². The van der Waals surface area contributed by atoms with Gasteiger partial charge in [0.05, 0.1) is 11.0 Å². The third-order valence-electron chi connectivity index (χ3n) is 6.91. The zero-order chi connectivity index (χ0) is 17.1. The van der Waals surface area contributed by atoms with Gasteiger partial charge in [0.25, 0.3) is 0 Å². The van der Waals surface area contributed by atoms with Gasteiger partial charge < -0.3 is 9.67 Å². The molecule has 1 aromatic heterocycles. The molecule has 128 valence electrons. The molecular formula is C20H26N2O2. The summed E-state index contributed by atoms with van der Waals surface area (Å²) in [5.74, 6) is -0.643. The van der Waals surface area contributed by atoms with Crippen molar-refractivity contribution in [2.75, 3.05) is 13.1 Å². The number of carbonyl (C=O) groups is 1. The van der Waals surface area contributed by atoms with Crippen LogP contribution in [0.25, 0.3) is 10.9 Å². The van der Waals surface area contributed by atoms with Crippen molar-refractivity contribution in [2.24, 2.45) is 12.5 Å². The average molecular weight is 326 g/mol. The molecule has 1 aromatic carbocycles. The highest BCUT2D eigenvalue weighted by molar-refractivity contribution is 5.87. The zero-order valence-corrected chi connectivity index (χ0v) is 14.8. The summed E-state index contributed by atoms with van der Waals surface area (Å²) in [7, 11) is 2.10. The van der Waals surface area contributed by atoms with E-state index in [-0.39, 0.29) is 0 Å². The lowest BCUT2D eigenvalue weighted by Gasteiger charge is -2.57. The van der Waals surface area contributed by atoms with Gasteiger partial charge in [0.15, 0.2) is 0 Å². The van der Waals surface area contributed by atoms with Gasteiger partial charge in [-0.15, -0.1) is 0 Å². The fraction of sp³-hybridized carbons (Fsp3) is 0.550. The molecule has 3 heterocycles. The third-order valence-corrected chi connectivity index (χ3v) is 6.91. The second kappa shape index (κ2) is 5.09. The summed E-state index contributed by atoms with van der Waals surface area (Å²) < 4.78 is 2.26. The number of fused-ring (bicyclic) bond motifs is 5. The minimum atomic E-state index is -0.720. The second-order valence-electron chi connectivity index (χ2n) is 7.56. The Hall–Kier alpha value is -1.81. The maximum atomic E-state index is 12.5. The summed E-state index contributed by atoms with van der Waals surface area (Å²) in [4.78, 5) is 14.9. The molecular weight excluding hydrogens is 300 g/mol. The molecule has 0 saturated carbocycles. The number of nitrogens with zero attached hydrogens (tertiary/aromatic N) is 2. The van der Waals surface area contributed by atoms with Gasteiger partial charge in [0.2, 0.25) is 0 Å². The van der Waals surface area contributed by atoms with Crippen LogP contribution in [0.2, 0.25) is 0 Å². The van der Waals surface area contributed by atoms with Crippen molar-refractivity contribution < 1.29 is 9.90 Å². The van der Waals surface area contributed by atoms with Crippen LogP contribution < -0.4 is 0 Å². The Kier molecular flexibility index (Phi) is 3.33. The summed E-state index contributed by atoms with van der Waals surface area (Å²) >= 11 is 0.